The van der Waals surface area contributed by atoms with Gasteiger partial charge in [-0.1, -0.05) is 26.0 Å². The number of hydrogen-bond donors (Lipinski definition) is 0. The molecule has 0 aromatic rings. The van der Waals surface area contributed by atoms with E-state index in [1.165, 1.54) is 0 Å². The molecule has 0 saturated heterocycles. The molecule has 1 unspecified atom stereocenters. The van der Waals surface area contributed by atoms with Gasteiger partial charge in [-0.25, -0.2) is 0 Å². The van der Waals surface area contributed by atoms with Crippen LogP contribution in [0.5, 0.6) is 0 Å². The van der Waals surface area contributed by atoms with Crippen molar-refractivity contribution in [2.75, 3.05) is 7.11 Å². The first-order valence-electron chi connectivity index (χ1n) is 4.33. The van der Waals surface area contributed by atoms with E-state index in [1.54, 1.807) is 7.11 Å². The zero-order valence-corrected chi connectivity index (χ0v) is 8.12. The van der Waals surface area contributed by atoms with Gasteiger partial charge in [-0.05, 0) is 12.3 Å². The molecule has 0 aromatic carbocycles. The monoisotopic (exact) mass is 170 g/mol. The molecular weight excluding hydrogens is 152 g/mol. The molecule has 0 saturated carbocycles. The second-order valence-electron chi connectivity index (χ2n) is 3.23. The Morgan fingerprint density at radius 2 is 2.08 bits per heavy atom. The second-order valence-corrected chi connectivity index (χ2v) is 3.23. The van der Waals surface area contributed by atoms with Crippen molar-refractivity contribution < 1.29 is 9.53 Å². The molecule has 12 heavy (non-hydrogen) atoms. The molecule has 0 N–H and O–H groups in total. The van der Waals surface area contributed by atoms with Gasteiger partial charge in [0.05, 0.1) is 6.10 Å². The van der Waals surface area contributed by atoms with Gasteiger partial charge in [-0.15, -0.1) is 0 Å². The molecule has 0 aliphatic heterocycles. The quantitative estimate of drug-likeness (QED) is 0.451. The van der Waals surface area contributed by atoms with Gasteiger partial charge in [-0.2, -0.15) is 0 Å². The lowest BCUT2D eigenvalue weighted by molar-refractivity contribution is -0.107. The summed E-state index contributed by atoms with van der Waals surface area (Å²) in [5.74, 6) is 0.621. The molecule has 1 atom stereocenters. The van der Waals surface area contributed by atoms with E-state index >= 15 is 0 Å². The number of aldehydes is 1. The van der Waals surface area contributed by atoms with Crippen molar-refractivity contribution in [1.82, 2.24) is 0 Å². The van der Waals surface area contributed by atoms with Crippen LogP contribution in [0.25, 0.3) is 0 Å². The number of ether oxygens (including phenoxy) is 1. The van der Waals surface area contributed by atoms with Crippen molar-refractivity contribution in [3.8, 4) is 0 Å². The Bertz CT molecular complexity index is 139. The molecule has 0 spiro atoms. The van der Waals surface area contributed by atoms with E-state index in [1.807, 2.05) is 12.2 Å². The summed E-state index contributed by atoms with van der Waals surface area (Å²) >= 11 is 0. The van der Waals surface area contributed by atoms with Gasteiger partial charge in [0.1, 0.15) is 6.29 Å². The van der Waals surface area contributed by atoms with Gasteiger partial charge in [0.25, 0.3) is 0 Å². The Morgan fingerprint density at radius 1 is 1.42 bits per heavy atom. The minimum atomic E-state index is 0.157. The lowest BCUT2D eigenvalue weighted by atomic mass is 10.1. The number of rotatable bonds is 6. The highest BCUT2D eigenvalue weighted by Gasteiger charge is 2.04. The molecule has 0 amide bonds. The zero-order valence-electron chi connectivity index (χ0n) is 8.12. The van der Waals surface area contributed by atoms with Crippen LogP contribution in [-0.4, -0.2) is 19.5 Å². The van der Waals surface area contributed by atoms with Crippen molar-refractivity contribution in [2.45, 2.75) is 32.8 Å². The number of allylic oxidation sites excluding steroid dienone is 1. The average molecular weight is 170 g/mol. The Hall–Kier alpha value is -0.630. The van der Waals surface area contributed by atoms with Crippen molar-refractivity contribution in [3.63, 3.8) is 0 Å². The van der Waals surface area contributed by atoms with Crippen LogP contribution in [0.4, 0.5) is 0 Å². The number of carbonyl (C=O) groups excluding carboxylic acids is 1. The molecular formula is C10H18O2. The smallest absolute Gasteiger partial charge is 0.123 e. The summed E-state index contributed by atoms with van der Waals surface area (Å²) in [7, 11) is 1.69. The van der Waals surface area contributed by atoms with Crippen molar-refractivity contribution in [1.29, 1.82) is 0 Å². The minimum absolute atomic E-state index is 0.157. The minimum Gasteiger partial charge on any atom is -0.377 e. The maximum absolute atomic E-state index is 10.0. The van der Waals surface area contributed by atoms with Crippen LogP contribution < -0.4 is 0 Å². The topological polar surface area (TPSA) is 26.3 Å². The van der Waals surface area contributed by atoms with E-state index in [9.17, 15) is 4.79 Å². The van der Waals surface area contributed by atoms with Gasteiger partial charge in [0.15, 0.2) is 0 Å². The maximum Gasteiger partial charge on any atom is 0.123 e. The normalized spacial score (nSPS) is 14.0. The third kappa shape index (κ3) is 6.10. The molecule has 0 heterocycles. The lowest BCUT2D eigenvalue weighted by Crippen LogP contribution is -2.10. The standard InChI is InChI=1S/C10H18O2/c1-9(2)8-10(12-3)6-4-5-7-11/h4,6-7,9-10H,5,8H2,1-3H3/b6-4+. The zero-order chi connectivity index (χ0) is 9.40. The SMILES string of the molecule is COC(/C=C/CC=O)CC(C)C. The molecule has 0 radical (unpaired) electrons. The highest BCUT2D eigenvalue weighted by molar-refractivity contribution is 5.51. The predicted octanol–water partition coefficient (Wildman–Crippen LogP) is 2.19. The summed E-state index contributed by atoms with van der Waals surface area (Å²) in [6.45, 7) is 4.30. The van der Waals surface area contributed by atoms with Crippen LogP contribution in [0.1, 0.15) is 26.7 Å². The van der Waals surface area contributed by atoms with Crippen molar-refractivity contribution in [3.05, 3.63) is 12.2 Å². The van der Waals surface area contributed by atoms with Crippen LogP contribution >= 0.6 is 0 Å². The lowest BCUT2D eigenvalue weighted by Gasteiger charge is -2.12. The van der Waals surface area contributed by atoms with Gasteiger partial charge >= 0.3 is 0 Å². The van der Waals surface area contributed by atoms with Gasteiger partial charge in [0.2, 0.25) is 0 Å². The third-order valence-corrected chi connectivity index (χ3v) is 1.59. The first kappa shape index (κ1) is 11.4. The van der Waals surface area contributed by atoms with Crippen LogP contribution in [0.3, 0.4) is 0 Å². The van der Waals surface area contributed by atoms with Gasteiger partial charge < -0.3 is 9.53 Å². The van der Waals surface area contributed by atoms with E-state index in [2.05, 4.69) is 13.8 Å². The third-order valence-electron chi connectivity index (χ3n) is 1.59. The second kappa shape index (κ2) is 7.04. The van der Waals surface area contributed by atoms with Crippen LogP contribution in [0, 0.1) is 5.92 Å². The summed E-state index contributed by atoms with van der Waals surface area (Å²) in [6.07, 6.45) is 6.34. The molecule has 2 nitrogen and oxygen atoms in total. The average Bonchev–Trinajstić information content (AvgIpc) is 2.02. The maximum atomic E-state index is 10.0. The summed E-state index contributed by atoms with van der Waals surface area (Å²) in [4.78, 5) is 10.0. The summed E-state index contributed by atoms with van der Waals surface area (Å²) in [5, 5.41) is 0. The van der Waals surface area contributed by atoms with Gasteiger partial charge in [0, 0.05) is 13.5 Å². The van der Waals surface area contributed by atoms with Crippen molar-refractivity contribution >= 4 is 6.29 Å². The summed E-state index contributed by atoms with van der Waals surface area (Å²) in [5.41, 5.74) is 0. The molecule has 0 fully saturated rings. The fraction of sp³-hybridized carbons (Fsp3) is 0.700. The Balaban J connectivity index is 3.73. The summed E-state index contributed by atoms with van der Waals surface area (Å²) < 4.78 is 5.20. The van der Waals surface area contributed by atoms with E-state index < -0.39 is 0 Å². The fourth-order valence-electron chi connectivity index (χ4n) is 1.00. The summed E-state index contributed by atoms with van der Waals surface area (Å²) in [6, 6.07) is 0. The van der Waals surface area contributed by atoms with Crippen molar-refractivity contribution in [2.24, 2.45) is 5.92 Å². The highest BCUT2D eigenvalue weighted by Crippen LogP contribution is 2.08. The van der Waals surface area contributed by atoms with Crippen LogP contribution in [0.2, 0.25) is 0 Å². The molecule has 2 heteroatoms. The highest BCUT2D eigenvalue weighted by atomic mass is 16.5. The molecule has 70 valence electrons. The van der Waals surface area contributed by atoms with E-state index in [0.29, 0.717) is 12.3 Å². The number of methoxy groups -OCH3 is 1. The van der Waals surface area contributed by atoms with E-state index in [-0.39, 0.29) is 6.10 Å². The molecule has 0 aromatic heterocycles. The molecule has 0 aliphatic rings. The number of carbonyl (C=O) groups is 1. The predicted molar refractivity (Wildman–Crippen MR) is 50.1 cm³/mol. The molecule has 0 bridgehead atoms. The van der Waals surface area contributed by atoms with Crippen LogP contribution in [-0.2, 0) is 9.53 Å². The van der Waals surface area contributed by atoms with Gasteiger partial charge in [-0.3, -0.25) is 0 Å². The largest absolute Gasteiger partial charge is 0.377 e. The fourth-order valence-corrected chi connectivity index (χ4v) is 1.00. The Kier molecular flexibility index (Phi) is 6.67. The van der Waals surface area contributed by atoms with E-state index in [0.717, 1.165) is 12.7 Å². The first-order valence-corrected chi connectivity index (χ1v) is 4.33. The van der Waals surface area contributed by atoms with Crippen LogP contribution in [0.15, 0.2) is 12.2 Å². The molecule has 0 rings (SSSR count). The molecule has 0 aliphatic carbocycles. The Labute approximate surface area is 74.6 Å². The van der Waals surface area contributed by atoms with E-state index in [4.69, 9.17) is 4.74 Å². The Morgan fingerprint density at radius 3 is 2.50 bits per heavy atom. The first-order chi connectivity index (χ1) is 5.70. The number of hydrogen-bond acceptors (Lipinski definition) is 2.